The molecule has 1 aliphatic carbocycles. The number of fused-ring (bicyclic) bond motifs is 3. The summed E-state index contributed by atoms with van der Waals surface area (Å²) in [4.78, 5) is 14.8. The van der Waals surface area contributed by atoms with Crippen molar-refractivity contribution in [1.29, 1.82) is 0 Å². The molecule has 2 aliphatic heterocycles. The minimum absolute atomic E-state index is 0.113. The largest absolute Gasteiger partial charge is 0.352 e. The van der Waals surface area contributed by atoms with Crippen molar-refractivity contribution >= 4 is 11.5 Å². The lowest BCUT2D eigenvalue weighted by molar-refractivity contribution is 0.0951. The predicted molar refractivity (Wildman–Crippen MR) is 84.3 cm³/mol. The molecule has 110 valence electrons. The fourth-order valence-electron chi connectivity index (χ4n) is 4.17. The Morgan fingerprint density at radius 3 is 3.00 bits per heavy atom. The molecule has 0 spiro atoms. The molecule has 1 N–H and O–H groups in total. The predicted octanol–water partition coefficient (Wildman–Crippen LogP) is 2.64. The second kappa shape index (κ2) is 4.99. The van der Waals surface area contributed by atoms with Gasteiger partial charge in [0, 0.05) is 31.1 Å². The summed E-state index contributed by atoms with van der Waals surface area (Å²) in [7, 11) is 2.17. The monoisotopic (exact) mass is 282 g/mol. The summed E-state index contributed by atoms with van der Waals surface area (Å²) in [5.41, 5.74) is 4.81. The summed E-state index contributed by atoms with van der Waals surface area (Å²) in [6.45, 7) is 2.95. The molecule has 0 aromatic heterocycles. The Bertz CT molecular complexity index is 620. The van der Waals surface area contributed by atoms with E-state index in [1.54, 1.807) is 0 Å². The minimum Gasteiger partial charge on any atom is -0.352 e. The number of hydrogen-bond acceptors (Lipinski definition) is 2. The lowest BCUT2D eigenvalue weighted by atomic mass is 9.86. The van der Waals surface area contributed by atoms with Crippen LogP contribution in [0.3, 0.4) is 0 Å². The van der Waals surface area contributed by atoms with E-state index in [4.69, 9.17) is 0 Å². The van der Waals surface area contributed by atoms with Gasteiger partial charge >= 0.3 is 0 Å². The first-order valence-electron chi connectivity index (χ1n) is 8.02. The summed E-state index contributed by atoms with van der Waals surface area (Å²) in [6, 6.07) is 6.57. The Balaban J connectivity index is 1.77. The average molecular weight is 282 g/mol. The topological polar surface area (TPSA) is 32.3 Å². The van der Waals surface area contributed by atoms with Crippen molar-refractivity contribution in [2.75, 3.05) is 26.7 Å². The van der Waals surface area contributed by atoms with Crippen molar-refractivity contribution in [2.45, 2.75) is 25.2 Å². The van der Waals surface area contributed by atoms with Crippen molar-refractivity contribution in [3.8, 4) is 0 Å². The molecule has 2 heterocycles. The Kier molecular flexibility index (Phi) is 3.11. The van der Waals surface area contributed by atoms with Crippen molar-refractivity contribution in [3.63, 3.8) is 0 Å². The van der Waals surface area contributed by atoms with Crippen LogP contribution in [0.5, 0.6) is 0 Å². The maximum absolute atomic E-state index is 12.4. The van der Waals surface area contributed by atoms with Crippen LogP contribution in [-0.2, 0) is 0 Å². The highest BCUT2D eigenvalue weighted by atomic mass is 16.1. The molecule has 2 atom stereocenters. The maximum Gasteiger partial charge on any atom is 0.251 e. The van der Waals surface area contributed by atoms with Crippen LogP contribution >= 0.6 is 0 Å². The Morgan fingerprint density at radius 2 is 2.19 bits per heavy atom. The van der Waals surface area contributed by atoms with E-state index in [0.29, 0.717) is 11.8 Å². The molecule has 3 aliphatic rings. The molecule has 3 heteroatoms. The number of nitrogens with zero attached hydrogens (tertiary/aromatic N) is 1. The lowest BCUT2D eigenvalue weighted by Crippen LogP contribution is -2.29. The minimum atomic E-state index is 0.113. The third-order valence-electron chi connectivity index (χ3n) is 5.26. The van der Waals surface area contributed by atoms with Gasteiger partial charge in [-0.3, -0.25) is 4.79 Å². The van der Waals surface area contributed by atoms with E-state index in [-0.39, 0.29) is 5.91 Å². The van der Waals surface area contributed by atoms with E-state index in [9.17, 15) is 4.79 Å². The molecule has 21 heavy (non-hydrogen) atoms. The first kappa shape index (κ1) is 13.1. The fraction of sp³-hybridized carbons (Fsp3) is 0.500. The molecule has 1 aromatic carbocycles. The highest BCUT2D eigenvalue weighted by molar-refractivity contribution is 5.97. The quantitative estimate of drug-likeness (QED) is 0.859. The van der Waals surface area contributed by atoms with Crippen LogP contribution in [0.1, 0.15) is 46.7 Å². The zero-order chi connectivity index (χ0) is 14.4. The molecule has 1 aromatic rings. The summed E-state index contributed by atoms with van der Waals surface area (Å²) in [6.07, 6.45) is 5.89. The normalized spacial score (nSPS) is 28.6. The van der Waals surface area contributed by atoms with E-state index >= 15 is 0 Å². The lowest BCUT2D eigenvalue weighted by Gasteiger charge is -2.17. The molecule has 0 unspecified atom stereocenters. The van der Waals surface area contributed by atoms with Crippen molar-refractivity contribution < 1.29 is 4.79 Å². The maximum atomic E-state index is 12.4. The van der Waals surface area contributed by atoms with Gasteiger partial charge < -0.3 is 10.2 Å². The van der Waals surface area contributed by atoms with E-state index < -0.39 is 0 Å². The number of rotatable bonds is 1. The number of allylic oxidation sites excluding steroid dienone is 2. The third-order valence-corrected chi connectivity index (χ3v) is 5.26. The van der Waals surface area contributed by atoms with Gasteiger partial charge in [0.25, 0.3) is 5.91 Å². The Hall–Kier alpha value is -1.61. The summed E-state index contributed by atoms with van der Waals surface area (Å²) in [5.74, 6) is 1.16. The Morgan fingerprint density at radius 1 is 1.29 bits per heavy atom. The molecular weight excluding hydrogens is 260 g/mol. The second-order valence-corrected chi connectivity index (χ2v) is 6.72. The number of hydrogen-bond donors (Lipinski definition) is 1. The zero-order valence-electron chi connectivity index (χ0n) is 12.6. The first-order chi connectivity index (χ1) is 10.2. The van der Waals surface area contributed by atoms with Gasteiger partial charge in [0.15, 0.2) is 0 Å². The SMILES string of the molecule is CN1C[C@H]2CNC(=O)c3cc(C4=CCCC4)ccc3[C@@H]2C1. The zero-order valence-corrected chi connectivity index (χ0v) is 12.6. The van der Waals surface area contributed by atoms with Gasteiger partial charge in [-0.05, 0) is 55.0 Å². The van der Waals surface area contributed by atoms with E-state index in [1.807, 2.05) is 0 Å². The van der Waals surface area contributed by atoms with Gasteiger partial charge in [-0.15, -0.1) is 0 Å². The van der Waals surface area contributed by atoms with E-state index in [1.165, 1.54) is 29.5 Å². The number of likely N-dealkylation sites (N-methyl/N-ethyl adjacent to an activating group) is 1. The van der Waals surface area contributed by atoms with Gasteiger partial charge in [0.05, 0.1) is 0 Å². The highest BCUT2D eigenvalue weighted by Gasteiger charge is 2.36. The second-order valence-electron chi connectivity index (χ2n) is 6.72. The molecule has 3 nitrogen and oxygen atoms in total. The van der Waals surface area contributed by atoms with E-state index in [2.05, 4.69) is 41.5 Å². The number of nitrogens with one attached hydrogen (secondary N) is 1. The van der Waals surface area contributed by atoms with Gasteiger partial charge in [0.1, 0.15) is 0 Å². The van der Waals surface area contributed by atoms with Gasteiger partial charge in [-0.25, -0.2) is 0 Å². The van der Waals surface area contributed by atoms with Gasteiger partial charge in [-0.1, -0.05) is 18.2 Å². The molecule has 1 amide bonds. The molecule has 1 fully saturated rings. The standard InChI is InChI=1S/C18H22N2O/c1-20-10-14-9-19-18(21)16-8-13(12-4-2-3-5-12)6-7-15(16)17(14)11-20/h4,6-8,14,17H,2-3,5,9-11H2,1H3,(H,19,21)/t14-,17-/m1/s1. The van der Waals surface area contributed by atoms with Crippen LogP contribution in [-0.4, -0.2) is 37.5 Å². The van der Waals surface area contributed by atoms with Crippen molar-refractivity contribution in [3.05, 3.63) is 41.0 Å². The molecular formula is C18H22N2O. The van der Waals surface area contributed by atoms with Gasteiger partial charge in [0.2, 0.25) is 0 Å². The van der Waals surface area contributed by atoms with Crippen LogP contribution in [0.4, 0.5) is 0 Å². The average Bonchev–Trinajstić information content (AvgIpc) is 3.11. The van der Waals surface area contributed by atoms with Crippen LogP contribution in [0.2, 0.25) is 0 Å². The molecule has 0 bridgehead atoms. The summed E-state index contributed by atoms with van der Waals surface area (Å²) < 4.78 is 0. The first-order valence-corrected chi connectivity index (χ1v) is 8.02. The summed E-state index contributed by atoms with van der Waals surface area (Å²) >= 11 is 0. The molecule has 1 saturated heterocycles. The number of carbonyl (C=O) groups is 1. The number of amides is 1. The third kappa shape index (κ3) is 2.20. The molecule has 0 saturated carbocycles. The highest BCUT2D eigenvalue weighted by Crippen LogP contribution is 2.37. The number of likely N-dealkylation sites (tertiary alicyclic amines) is 1. The number of carbonyl (C=O) groups excluding carboxylic acids is 1. The van der Waals surface area contributed by atoms with Crippen LogP contribution in [0, 0.1) is 5.92 Å². The van der Waals surface area contributed by atoms with Crippen LogP contribution in [0.25, 0.3) is 5.57 Å². The summed E-state index contributed by atoms with van der Waals surface area (Å²) in [5, 5.41) is 3.13. The van der Waals surface area contributed by atoms with Crippen molar-refractivity contribution in [1.82, 2.24) is 10.2 Å². The fourth-order valence-corrected chi connectivity index (χ4v) is 4.17. The van der Waals surface area contributed by atoms with Crippen molar-refractivity contribution in [2.24, 2.45) is 5.92 Å². The number of benzene rings is 1. The van der Waals surface area contributed by atoms with E-state index in [0.717, 1.165) is 31.6 Å². The molecule has 4 rings (SSSR count). The van der Waals surface area contributed by atoms with Gasteiger partial charge in [-0.2, -0.15) is 0 Å². The molecule has 0 radical (unpaired) electrons. The Labute approximate surface area is 126 Å². The van der Waals surface area contributed by atoms with Crippen LogP contribution in [0.15, 0.2) is 24.3 Å². The smallest absolute Gasteiger partial charge is 0.251 e. The van der Waals surface area contributed by atoms with Crippen LogP contribution < -0.4 is 5.32 Å².